The van der Waals surface area contributed by atoms with Crippen molar-refractivity contribution in [2.45, 2.75) is 38.5 Å². The second-order valence-corrected chi connectivity index (χ2v) is 5.94. The fourth-order valence-corrected chi connectivity index (χ4v) is 2.75. The Morgan fingerprint density at radius 1 is 1.43 bits per heavy atom. The van der Waals surface area contributed by atoms with Gasteiger partial charge in [0.05, 0.1) is 24.5 Å². The van der Waals surface area contributed by atoms with E-state index in [4.69, 9.17) is 16.3 Å². The van der Waals surface area contributed by atoms with E-state index >= 15 is 0 Å². The van der Waals surface area contributed by atoms with Crippen LogP contribution in [0.15, 0.2) is 36.7 Å². The van der Waals surface area contributed by atoms with E-state index in [2.05, 4.69) is 17.3 Å². The summed E-state index contributed by atoms with van der Waals surface area (Å²) in [4.78, 5) is 0. The number of nitrogens with zero attached hydrogens (tertiary/aromatic N) is 2. The van der Waals surface area contributed by atoms with Crippen LogP contribution in [0.5, 0.6) is 0 Å². The number of aromatic nitrogens is 2. The number of nitrogens with one attached hydrogen (secondary N) is 1. The van der Waals surface area contributed by atoms with Gasteiger partial charge in [-0.3, -0.25) is 4.68 Å². The minimum atomic E-state index is 0.211. The molecule has 4 nitrogen and oxygen atoms in total. The first-order valence-electron chi connectivity index (χ1n) is 7.37. The molecule has 1 aromatic carbocycles. The molecular weight excluding hydrogens is 286 g/mol. The molecule has 1 saturated heterocycles. The second-order valence-electron chi connectivity index (χ2n) is 5.50. The molecule has 1 aromatic heterocycles. The van der Waals surface area contributed by atoms with Crippen LogP contribution in [0.25, 0.3) is 0 Å². The predicted molar refractivity (Wildman–Crippen MR) is 84.7 cm³/mol. The van der Waals surface area contributed by atoms with Crippen molar-refractivity contribution in [3.63, 3.8) is 0 Å². The number of benzene rings is 1. The topological polar surface area (TPSA) is 39.1 Å². The van der Waals surface area contributed by atoms with Crippen LogP contribution < -0.4 is 5.32 Å². The first-order valence-corrected chi connectivity index (χ1v) is 7.74. The number of ether oxygens (including phenoxy) is 1. The Hall–Kier alpha value is -1.52. The van der Waals surface area contributed by atoms with E-state index in [1.165, 1.54) is 5.56 Å². The number of hydrogen-bond acceptors (Lipinski definition) is 3. The normalized spacial score (nSPS) is 19.6. The van der Waals surface area contributed by atoms with Gasteiger partial charge in [0.15, 0.2) is 0 Å². The van der Waals surface area contributed by atoms with E-state index in [9.17, 15) is 0 Å². The Bertz CT molecular complexity index is 575. The van der Waals surface area contributed by atoms with Gasteiger partial charge in [-0.25, -0.2) is 0 Å². The fraction of sp³-hybridized carbons (Fsp3) is 0.438. The third kappa shape index (κ3) is 3.77. The zero-order valence-corrected chi connectivity index (χ0v) is 12.9. The maximum atomic E-state index is 5.92. The third-order valence-electron chi connectivity index (χ3n) is 3.80. The summed E-state index contributed by atoms with van der Waals surface area (Å²) in [7, 11) is 0. The monoisotopic (exact) mass is 305 g/mol. The average molecular weight is 306 g/mol. The maximum Gasteiger partial charge on any atom is 0.0771 e. The van der Waals surface area contributed by atoms with Crippen molar-refractivity contribution in [2.75, 3.05) is 11.9 Å². The fourth-order valence-electron chi connectivity index (χ4n) is 2.62. The number of hydrogen-bond donors (Lipinski definition) is 1. The molecule has 2 atom stereocenters. The Kier molecular flexibility index (Phi) is 4.46. The minimum Gasteiger partial charge on any atom is -0.376 e. The van der Waals surface area contributed by atoms with Crippen LogP contribution in [-0.2, 0) is 11.3 Å². The van der Waals surface area contributed by atoms with Gasteiger partial charge in [-0.15, -0.1) is 0 Å². The third-order valence-corrected chi connectivity index (χ3v) is 4.05. The van der Waals surface area contributed by atoms with Crippen LogP contribution in [-0.4, -0.2) is 22.5 Å². The van der Waals surface area contributed by atoms with Gasteiger partial charge in [-0.1, -0.05) is 23.7 Å². The summed E-state index contributed by atoms with van der Waals surface area (Å²) >= 11 is 5.92. The predicted octanol–water partition coefficient (Wildman–Crippen LogP) is 3.89. The summed E-state index contributed by atoms with van der Waals surface area (Å²) in [5.74, 6) is 0. The van der Waals surface area contributed by atoms with Crippen LogP contribution in [0.3, 0.4) is 0 Å². The second kappa shape index (κ2) is 6.50. The molecule has 5 heteroatoms. The summed E-state index contributed by atoms with van der Waals surface area (Å²) in [5, 5.41) is 8.61. The number of halogens is 1. The van der Waals surface area contributed by atoms with Gasteiger partial charge < -0.3 is 10.1 Å². The van der Waals surface area contributed by atoms with Crippen molar-refractivity contribution in [3.05, 3.63) is 47.2 Å². The summed E-state index contributed by atoms with van der Waals surface area (Å²) in [6.45, 7) is 3.84. The van der Waals surface area contributed by atoms with Crippen LogP contribution in [0.4, 0.5) is 5.69 Å². The largest absolute Gasteiger partial charge is 0.376 e. The Morgan fingerprint density at radius 3 is 2.95 bits per heavy atom. The first-order chi connectivity index (χ1) is 10.2. The van der Waals surface area contributed by atoms with E-state index < -0.39 is 0 Å². The van der Waals surface area contributed by atoms with Crippen molar-refractivity contribution >= 4 is 17.3 Å². The van der Waals surface area contributed by atoms with Gasteiger partial charge in [-0.05, 0) is 37.5 Å². The SMILES string of the molecule is CC(Nc1cnn(CC2CCCO2)c1)c1ccc(Cl)cc1. The summed E-state index contributed by atoms with van der Waals surface area (Å²) in [6.07, 6.45) is 6.50. The molecule has 21 heavy (non-hydrogen) atoms. The minimum absolute atomic E-state index is 0.211. The molecule has 2 unspecified atom stereocenters. The highest BCUT2D eigenvalue weighted by Crippen LogP contribution is 2.21. The van der Waals surface area contributed by atoms with Gasteiger partial charge in [0.1, 0.15) is 0 Å². The van der Waals surface area contributed by atoms with Gasteiger partial charge >= 0.3 is 0 Å². The molecule has 0 aliphatic carbocycles. The zero-order chi connectivity index (χ0) is 14.7. The lowest BCUT2D eigenvalue weighted by Crippen LogP contribution is -2.15. The van der Waals surface area contributed by atoms with E-state index in [0.717, 1.165) is 36.7 Å². The molecule has 3 rings (SSSR count). The van der Waals surface area contributed by atoms with E-state index in [1.54, 1.807) is 0 Å². The Balaban J connectivity index is 1.59. The molecule has 0 spiro atoms. The number of anilines is 1. The standard InChI is InChI=1S/C16H20ClN3O/c1-12(13-4-6-14(17)7-5-13)19-15-9-18-20(10-15)11-16-3-2-8-21-16/h4-7,9-10,12,16,19H,2-3,8,11H2,1H3. The highest BCUT2D eigenvalue weighted by molar-refractivity contribution is 6.30. The molecule has 1 N–H and O–H groups in total. The summed E-state index contributed by atoms with van der Waals surface area (Å²) in [6, 6.07) is 8.11. The van der Waals surface area contributed by atoms with Crippen LogP contribution in [0.2, 0.25) is 5.02 Å². The summed E-state index contributed by atoms with van der Waals surface area (Å²) in [5.41, 5.74) is 2.22. The van der Waals surface area contributed by atoms with Gasteiger partial charge in [0.25, 0.3) is 0 Å². The maximum absolute atomic E-state index is 5.92. The Labute approximate surface area is 130 Å². The highest BCUT2D eigenvalue weighted by atomic mass is 35.5. The van der Waals surface area contributed by atoms with Gasteiger partial charge in [0, 0.05) is 23.9 Å². The van der Waals surface area contributed by atoms with Gasteiger partial charge in [-0.2, -0.15) is 5.10 Å². The average Bonchev–Trinajstić information content (AvgIpc) is 3.12. The van der Waals surface area contributed by atoms with Crippen LogP contribution >= 0.6 is 11.6 Å². The molecule has 2 heterocycles. The first kappa shape index (κ1) is 14.4. The van der Waals surface area contributed by atoms with Crippen LogP contribution in [0, 0.1) is 0 Å². The molecule has 1 fully saturated rings. The lowest BCUT2D eigenvalue weighted by atomic mass is 10.1. The van der Waals surface area contributed by atoms with E-state index in [-0.39, 0.29) is 6.04 Å². The molecule has 2 aromatic rings. The lowest BCUT2D eigenvalue weighted by Gasteiger charge is -2.14. The molecule has 0 saturated carbocycles. The van der Waals surface area contributed by atoms with E-state index in [0.29, 0.717) is 6.10 Å². The molecule has 1 aliphatic heterocycles. The summed E-state index contributed by atoms with van der Waals surface area (Å²) < 4.78 is 7.59. The van der Waals surface area contributed by atoms with E-state index in [1.807, 2.05) is 41.3 Å². The highest BCUT2D eigenvalue weighted by Gasteiger charge is 2.16. The molecule has 112 valence electrons. The van der Waals surface area contributed by atoms with Crippen molar-refractivity contribution in [1.82, 2.24) is 9.78 Å². The van der Waals surface area contributed by atoms with Crippen molar-refractivity contribution in [1.29, 1.82) is 0 Å². The zero-order valence-electron chi connectivity index (χ0n) is 12.1. The van der Waals surface area contributed by atoms with Gasteiger partial charge in [0.2, 0.25) is 0 Å². The van der Waals surface area contributed by atoms with Crippen molar-refractivity contribution in [3.8, 4) is 0 Å². The number of rotatable bonds is 5. The van der Waals surface area contributed by atoms with Crippen LogP contribution in [0.1, 0.15) is 31.4 Å². The smallest absolute Gasteiger partial charge is 0.0771 e. The lowest BCUT2D eigenvalue weighted by molar-refractivity contribution is 0.0940. The molecule has 0 amide bonds. The quantitative estimate of drug-likeness (QED) is 0.911. The van der Waals surface area contributed by atoms with Crippen molar-refractivity contribution < 1.29 is 4.74 Å². The molecule has 0 bridgehead atoms. The van der Waals surface area contributed by atoms with Crippen molar-refractivity contribution in [2.24, 2.45) is 0 Å². The molecule has 0 radical (unpaired) electrons. The molecular formula is C16H20ClN3O. The Morgan fingerprint density at radius 2 is 2.24 bits per heavy atom. The molecule has 1 aliphatic rings.